The van der Waals surface area contributed by atoms with E-state index in [1.807, 2.05) is 62.4 Å². The molecule has 5 rings (SSSR count). The van der Waals surface area contributed by atoms with Crippen molar-refractivity contribution in [2.24, 2.45) is 0 Å². The molecule has 8 nitrogen and oxygen atoms in total. The minimum atomic E-state index is -0.533. The Balaban J connectivity index is 1.58. The Morgan fingerprint density at radius 2 is 1.91 bits per heavy atom. The van der Waals surface area contributed by atoms with Crippen LogP contribution in [0.3, 0.4) is 0 Å². The second-order valence-corrected chi connectivity index (χ2v) is 8.97. The summed E-state index contributed by atoms with van der Waals surface area (Å²) in [4.78, 5) is 35.2. The lowest BCUT2D eigenvalue weighted by molar-refractivity contribution is -0.141. The van der Waals surface area contributed by atoms with Gasteiger partial charge in [-0.1, -0.05) is 35.9 Å². The molecule has 1 fully saturated rings. The van der Waals surface area contributed by atoms with Gasteiger partial charge >= 0.3 is 5.97 Å². The first-order valence-electron chi connectivity index (χ1n) is 11.7. The van der Waals surface area contributed by atoms with Crippen molar-refractivity contribution >= 4 is 22.9 Å². The highest BCUT2D eigenvalue weighted by Gasteiger charge is 2.30. The molecule has 0 aliphatic heterocycles. The molecule has 1 saturated carbocycles. The molecular formula is C27H27N5O3. The van der Waals surface area contributed by atoms with Crippen molar-refractivity contribution in [3.8, 4) is 5.82 Å². The molecule has 3 aromatic heterocycles. The smallest absolute Gasteiger partial charge is 0.307 e. The van der Waals surface area contributed by atoms with Gasteiger partial charge in [0.1, 0.15) is 0 Å². The molecule has 178 valence electrons. The fraction of sp³-hybridized carbons (Fsp3) is 0.296. The second-order valence-electron chi connectivity index (χ2n) is 8.97. The standard InChI is InChI=1S/C27H27N5O3/c1-16-7-9-18(10-8-16)22(15-24(33)35-3)30-27(34)20-14-21(19-11-12-19)29-26-25(20)17(2)31-32(26)23-6-4-5-13-28-23/h4-10,13-14,19,22H,11-12,15H2,1-3H3,(H,30,34). The molecule has 1 unspecified atom stereocenters. The molecule has 0 spiro atoms. The number of hydrogen-bond acceptors (Lipinski definition) is 6. The SMILES string of the molecule is COC(=O)CC(NC(=O)c1cc(C2CC2)nc2c1c(C)nn2-c1ccccn1)c1ccc(C)cc1. The molecular weight excluding hydrogens is 442 g/mol. The van der Waals surface area contributed by atoms with E-state index in [2.05, 4.69) is 15.4 Å². The van der Waals surface area contributed by atoms with Gasteiger partial charge in [0.25, 0.3) is 5.91 Å². The maximum absolute atomic E-state index is 13.7. The van der Waals surface area contributed by atoms with Gasteiger partial charge in [0, 0.05) is 17.8 Å². The van der Waals surface area contributed by atoms with E-state index in [1.165, 1.54) is 7.11 Å². The number of nitrogens with one attached hydrogen (secondary N) is 1. The number of aryl methyl sites for hydroxylation is 2. The predicted octanol–water partition coefficient (Wildman–Crippen LogP) is 4.34. The van der Waals surface area contributed by atoms with Crippen LogP contribution in [0.25, 0.3) is 16.9 Å². The van der Waals surface area contributed by atoms with Gasteiger partial charge < -0.3 is 10.1 Å². The number of aromatic nitrogens is 4. The van der Waals surface area contributed by atoms with E-state index in [0.29, 0.717) is 34.0 Å². The van der Waals surface area contributed by atoms with Crippen LogP contribution < -0.4 is 5.32 Å². The van der Waals surface area contributed by atoms with Crippen LogP contribution in [0.2, 0.25) is 0 Å². The average Bonchev–Trinajstić information content (AvgIpc) is 3.67. The second kappa shape index (κ2) is 9.29. The van der Waals surface area contributed by atoms with Crippen molar-refractivity contribution in [3.63, 3.8) is 0 Å². The van der Waals surface area contributed by atoms with E-state index in [0.717, 1.165) is 29.7 Å². The van der Waals surface area contributed by atoms with Crippen LogP contribution in [0.5, 0.6) is 0 Å². The summed E-state index contributed by atoms with van der Waals surface area (Å²) in [5, 5.41) is 8.42. The molecule has 1 aliphatic carbocycles. The van der Waals surface area contributed by atoms with Crippen molar-refractivity contribution in [3.05, 3.63) is 82.8 Å². The Kier molecular flexibility index (Phi) is 6.03. The van der Waals surface area contributed by atoms with E-state index < -0.39 is 12.0 Å². The maximum Gasteiger partial charge on any atom is 0.307 e. The molecule has 8 heteroatoms. The first-order valence-corrected chi connectivity index (χ1v) is 11.7. The van der Waals surface area contributed by atoms with Crippen molar-refractivity contribution in [1.82, 2.24) is 25.1 Å². The molecule has 0 radical (unpaired) electrons. The number of fused-ring (bicyclic) bond motifs is 1. The monoisotopic (exact) mass is 469 g/mol. The van der Waals surface area contributed by atoms with Crippen molar-refractivity contribution in [2.45, 2.75) is 45.1 Å². The molecule has 1 amide bonds. The van der Waals surface area contributed by atoms with Gasteiger partial charge in [0.15, 0.2) is 11.5 Å². The van der Waals surface area contributed by atoms with Crippen LogP contribution in [0.4, 0.5) is 0 Å². The Morgan fingerprint density at radius 3 is 2.57 bits per heavy atom. The normalized spacial score (nSPS) is 14.0. The highest BCUT2D eigenvalue weighted by Crippen LogP contribution is 2.40. The third-order valence-corrected chi connectivity index (χ3v) is 6.32. The number of pyridine rings is 2. The van der Waals surface area contributed by atoms with Crippen LogP contribution in [-0.4, -0.2) is 38.7 Å². The molecule has 1 atom stereocenters. The summed E-state index contributed by atoms with van der Waals surface area (Å²) in [5.41, 5.74) is 4.60. The van der Waals surface area contributed by atoms with E-state index in [-0.39, 0.29) is 12.3 Å². The number of carbonyl (C=O) groups excluding carboxylic acids is 2. The van der Waals surface area contributed by atoms with Crippen LogP contribution in [0, 0.1) is 13.8 Å². The number of methoxy groups -OCH3 is 1. The number of carbonyl (C=O) groups is 2. The zero-order chi connectivity index (χ0) is 24.5. The summed E-state index contributed by atoms with van der Waals surface area (Å²) in [7, 11) is 1.35. The van der Waals surface area contributed by atoms with Crippen molar-refractivity contribution < 1.29 is 14.3 Å². The third kappa shape index (κ3) is 4.64. The van der Waals surface area contributed by atoms with Gasteiger partial charge in [0.05, 0.1) is 36.2 Å². The molecule has 35 heavy (non-hydrogen) atoms. The Labute approximate surface area is 203 Å². The van der Waals surface area contributed by atoms with Crippen molar-refractivity contribution in [1.29, 1.82) is 0 Å². The third-order valence-electron chi connectivity index (χ3n) is 6.32. The zero-order valence-corrected chi connectivity index (χ0v) is 20.0. The van der Waals surface area contributed by atoms with E-state index >= 15 is 0 Å². The summed E-state index contributed by atoms with van der Waals surface area (Å²) in [6, 6.07) is 14.7. The van der Waals surface area contributed by atoms with Crippen LogP contribution >= 0.6 is 0 Å². The highest BCUT2D eigenvalue weighted by molar-refractivity contribution is 6.07. The summed E-state index contributed by atoms with van der Waals surface area (Å²) in [6.45, 7) is 3.86. The van der Waals surface area contributed by atoms with Crippen LogP contribution in [-0.2, 0) is 9.53 Å². The Morgan fingerprint density at radius 1 is 1.14 bits per heavy atom. The van der Waals surface area contributed by atoms with Crippen molar-refractivity contribution in [2.75, 3.05) is 7.11 Å². The Hall–Kier alpha value is -4.07. The van der Waals surface area contributed by atoms with Gasteiger partial charge in [-0.15, -0.1) is 0 Å². The lowest BCUT2D eigenvalue weighted by Crippen LogP contribution is -2.31. The van der Waals surface area contributed by atoms with Crippen LogP contribution in [0.1, 0.15) is 64.1 Å². The van der Waals surface area contributed by atoms with Gasteiger partial charge in [0.2, 0.25) is 0 Å². The summed E-state index contributed by atoms with van der Waals surface area (Å²) in [6.07, 6.45) is 3.83. The van der Waals surface area contributed by atoms with E-state index in [1.54, 1.807) is 10.9 Å². The van der Waals surface area contributed by atoms with Gasteiger partial charge in [-0.2, -0.15) is 9.78 Å². The quantitative estimate of drug-likeness (QED) is 0.404. The molecule has 1 aromatic carbocycles. The minimum absolute atomic E-state index is 0.0290. The largest absolute Gasteiger partial charge is 0.469 e. The summed E-state index contributed by atoms with van der Waals surface area (Å²) < 4.78 is 6.59. The maximum atomic E-state index is 13.7. The number of hydrogen-bond donors (Lipinski definition) is 1. The van der Waals surface area contributed by atoms with Gasteiger partial charge in [-0.25, -0.2) is 9.97 Å². The van der Waals surface area contributed by atoms with E-state index in [9.17, 15) is 9.59 Å². The fourth-order valence-electron chi connectivity index (χ4n) is 4.25. The first kappa shape index (κ1) is 22.7. The zero-order valence-electron chi connectivity index (χ0n) is 20.0. The first-order chi connectivity index (χ1) is 16.9. The Bertz CT molecular complexity index is 1390. The number of esters is 1. The lowest BCUT2D eigenvalue weighted by Gasteiger charge is -2.19. The number of ether oxygens (including phenoxy) is 1. The molecule has 1 N–H and O–H groups in total. The number of rotatable bonds is 7. The number of benzene rings is 1. The molecule has 1 aliphatic rings. The van der Waals surface area contributed by atoms with E-state index in [4.69, 9.17) is 9.72 Å². The molecule has 0 saturated heterocycles. The fourth-order valence-corrected chi connectivity index (χ4v) is 4.25. The number of amides is 1. The number of nitrogens with zero attached hydrogens (tertiary/aromatic N) is 4. The summed E-state index contributed by atoms with van der Waals surface area (Å²) >= 11 is 0. The van der Waals surface area contributed by atoms with Gasteiger partial charge in [-0.3, -0.25) is 9.59 Å². The topological polar surface area (TPSA) is 99.0 Å². The minimum Gasteiger partial charge on any atom is -0.469 e. The molecule has 3 heterocycles. The molecule has 0 bridgehead atoms. The molecule has 4 aromatic rings. The summed E-state index contributed by atoms with van der Waals surface area (Å²) in [5.74, 6) is 0.299. The lowest BCUT2D eigenvalue weighted by atomic mass is 10.0. The van der Waals surface area contributed by atoms with Gasteiger partial charge in [-0.05, 0) is 50.5 Å². The predicted molar refractivity (Wildman–Crippen MR) is 131 cm³/mol. The highest BCUT2D eigenvalue weighted by atomic mass is 16.5. The van der Waals surface area contributed by atoms with Crippen LogP contribution in [0.15, 0.2) is 54.7 Å². The average molecular weight is 470 g/mol.